The Hall–Kier alpha value is -2.17. The summed E-state index contributed by atoms with van der Waals surface area (Å²) in [6, 6.07) is 14.9. The molecule has 2 aromatic rings. The molecule has 1 heterocycles. The number of benzene rings is 2. The Bertz CT molecular complexity index is 845. The van der Waals surface area contributed by atoms with Crippen LogP contribution in [0.4, 0.5) is 0 Å². The summed E-state index contributed by atoms with van der Waals surface area (Å²) in [5, 5.41) is 12.4. The number of halogens is 1. The van der Waals surface area contributed by atoms with E-state index in [4.69, 9.17) is 24.1 Å². The van der Waals surface area contributed by atoms with E-state index in [0.29, 0.717) is 32.8 Å². The minimum absolute atomic E-state index is 0.116. The fraction of sp³-hybridized carbons (Fsp3) is 0.348. The zero-order chi connectivity index (χ0) is 20.1. The maximum absolute atomic E-state index is 12.9. The second-order valence-corrected chi connectivity index (χ2v) is 8.29. The molecular weight excluding hydrogens is 370 g/mol. The maximum atomic E-state index is 12.9. The standard InChI is InChI=1S/C23H27ClN3O/c1-27(2)14-5-6-19(13-15-27)26-23(28)21-8-4-3-7-20(21)22(25)16-17-9-11-18(24)12-10-17/h1,3-4,7-12,19,25H,5-6,13-16H2,2H3,(H,26,28)/q+1. The number of carbonyl (C=O) groups excluding carboxylic acids is 1. The summed E-state index contributed by atoms with van der Waals surface area (Å²) in [5.74, 6) is -0.116. The monoisotopic (exact) mass is 396 g/mol. The number of amides is 1. The topological polar surface area (TPSA) is 53.0 Å². The average Bonchev–Trinajstić information content (AvgIpc) is 2.84. The van der Waals surface area contributed by atoms with Crippen LogP contribution < -0.4 is 5.32 Å². The number of nitrogens with zero attached hydrogens (tertiary/aromatic N) is 1. The maximum Gasteiger partial charge on any atom is 0.252 e. The molecule has 0 spiro atoms. The number of quaternary nitrogens is 1. The number of nitrogens with one attached hydrogen (secondary N) is 2. The third-order valence-corrected chi connectivity index (χ3v) is 5.59. The summed E-state index contributed by atoms with van der Waals surface area (Å²) in [7, 11) is 8.24. The summed E-state index contributed by atoms with van der Waals surface area (Å²) < 4.78 is 0.509. The quantitative estimate of drug-likeness (QED) is 0.573. The van der Waals surface area contributed by atoms with Crippen LogP contribution >= 0.6 is 11.6 Å². The van der Waals surface area contributed by atoms with Gasteiger partial charge in [0.2, 0.25) is 7.05 Å². The molecule has 1 fully saturated rings. The van der Waals surface area contributed by atoms with Crippen LogP contribution in [-0.4, -0.2) is 42.3 Å². The van der Waals surface area contributed by atoms with Gasteiger partial charge in [-0.2, -0.15) is 0 Å². The number of hydrogen-bond acceptors (Lipinski definition) is 2. The zero-order valence-corrected chi connectivity index (χ0v) is 17.0. The largest absolute Gasteiger partial charge is 0.349 e. The lowest BCUT2D eigenvalue weighted by Gasteiger charge is -2.26. The molecule has 1 aliphatic heterocycles. The van der Waals surface area contributed by atoms with E-state index in [1.807, 2.05) is 49.5 Å². The van der Waals surface area contributed by atoms with Crippen LogP contribution in [0.2, 0.25) is 5.02 Å². The van der Waals surface area contributed by atoms with Crippen molar-refractivity contribution >= 4 is 23.2 Å². The first kappa shape index (κ1) is 20.6. The second kappa shape index (κ2) is 8.89. The number of rotatable bonds is 5. The number of likely N-dealkylation sites (tertiary alicyclic amines) is 1. The Morgan fingerprint density at radius 2 is 1.82 bits per heavy atom. The van der Waals surface area contributed by atoms with Gasteiger partial charge in [0.15, 0.2) is 0 Å². The molecule has 2 radical (unpaired) electrons. The van der Waals surface area contributed by atoms with Crippen LogP contribution in [-0.2, 0) is 6.42 Å². The van der Waals surface area contributed by atoms with Crippen molar-refractivity contribution in [3.8, 4) is 0 Å². The van der Waals surface area contributed by atoms with Crippen LogP contribution in [0.3, 0.4) is 0 Å². The molecule has 2 N–H and O–H groups in total. The Kier molecular flexibility index (Phi) is 6.53. The molecule has 0 aromatic heterocycles. The SMILES string of the molecule is [CH][N+]1(C)CCCC(NC(=O)c2ccccc2C(=N)Cc2ccc(Cl)cc2)CC1. The van der Waals surface area contributed by atoms with Crippen molar-refractivity contribution in [2.75, 3.05) is 20.1 Å². The molecule has 2 unspecified atom stereocenters. The minimum Gasteiger partial charge on any atom is -0.349 e. The molecule has 1 aliphatic rings. The lowest BCUT2D eigenvalue weighted by atomic mass is 9.97. The Morgan fingerprint density at radius 1 is 1.14 bits per heavy atom. The van der Waals surface area contributed by atoms with Crippen LogP contribution in [0, 0.1) is 12.5 Å². The van der Waals surface area contributed by atoms with Gasteiger partial charge in [-0.1, -0.05) is 41.9 Å². The highest BCUT2D eigenvalue weighted by atomic mass is 35.5. The normalized spacial score (nSPS) is 18.9. The fourth-order valence-electron chi connectivity index (χ4n) is 3.66. The minimum atomic E-state index is -0.116. The molecule has 0 bridgehead atoms. The third-order valence-electron chi connectivity index (χ3n) is 5.34. The molecule has 0 saturated carbocycles. The smallest absolute Gasteiger partial charge is 0.252 e. The predicted molar refractivity (Wildman–Crippen MR) is 114 cm³/mol. The summed E-state index contributed by atoms with van der Waals surface area (Å²) in [6.45, 7) is 1.77. The predicted octanol–water partition coefficient (Wildman–Crippen LogP) is 4.35. The first-order valence-electron chi connectivity index (χ1n) is 9.69. The molecule has 2 aromatic carbocycles. The second-order valence-electron chi connectivity index (χ2n) is 7.86. The molecule has 5 heteroatoms. The molecule has 1 amide bonds. The molecule has 28 heavy (non-hydrogen) atoms. The van der Waals surface area contributed by atoms with Crippen LogP contribution in [0.5, 0.6) is 0 Å². The lowest BCUT2D eigenvalue weighted by Crippen LogP contribution is -2.40. The molecule has 1 saturated heterocycles. The first-order chi connectivity index (χ1) is 13.3. The highest BCUT2D eigenvalue weighted by Crippen LogP contribution is 2.18. The fourth-order valence-corrected chi connectivity index (χ4v) is 3.79. The third kappa shape index (κ3) is 5.43. The van der Waals surface area contributed by atoms with Gasteiger partial charge in [-0.3, -0.25) is 4.79 Å². The Balaban J connectivity index is 1.71. The molecule has 2 atom stereocenters. The Morgan fingerprint density at radius 3 is 2.54 bits per heavy atom. The van der Waals surface area contributed by atoms with Crippen molar-refractivity contribution in [2.24, 2.45) is 0 Å². The molecule has 4 nitrogen and oxygen atoms in total. The Labute approximate surface area is 172 Å². The van der Waals surface area contributed by atoms with Gasteiger partial charge in [0.1, 0.15) is 0 Å². The molecule has 0 aliphatic carbocycles. The van der Waals surface area contributed by atoms with Gasteiger partial charge in [-0.15, -0.1) is 0 Å². The van der Waals surface area contributed by atoms with Crippen molar-refractivity contribution in [1.29, 1.82) is 5.41 Å². The van der Waals surface area contributed by atoms with E-state index in [1.165, 1.54) is 0 Å². The van der Waals surface area contributed by atoms with Crippen LogP contribution in [0.1, 0.15) is 40.7 Å². The van der Waals surface area contributed by atoms with Gasteiger partial charge in [0.05, 0.1) is 20.1 Å². The van der Waals surface area contributed by atoms with Gasteiger partial charge < -0.3 is 15.2 Å². The first-order valence-corrected chi connectivity index (χ1v) is 10.1. The van der Waals surface area contributed by atoms with Crippen molar-refractivity contribution < 1.29 is 9.28 Å². The van der Waals surface area contributed by atoms with Crippen LogP contribution in [0.25, 0.3) is 0 Å². The summed E-state index contributed by atoms with van der Waals surface area (Å²) in [5.41, 5.74) is 2.63. The highest BCUT2D eigenvalue weighted by Gasteiger charge is 2.26. The molecule has 3 rings (SSSR count). The highest BCUT2D eigenvalue weighted by molar-refractivity contribution is 6.30. The zero-order valence-electron chi connectivity index (χ0n) is 16.2. The van der Waals surface area contributed by atoms with Crippen molar-refractivity contribution in [1.82, 2.24) is 5.32 Å². The van der Waals surface area contributed by atoms with Crippen molar-refractivity contribution in [3.05, 3.63) is 77.3 Å². The molecule has 146 valence electrons. The lowest BCUT2D eigenvalue weighted by molar-refractivity contribution is -0.865. The van der Waals surface area contributed by atoms with Gasteiger partial charge in [0, 0.05) is 40.7 Å². The van der Waals surface area contributed by atoms with E-state index in [-0.39, 0.29) is 11.9 Å². The number of hydrogen-bond donors (Lipinski definition) is 2. The van der Waals surface area contributed by atoms with E-state index in [1.54, 1.807) is 6.07 Å². The van der Waals surface area contributed by atoms with Crippen LogP contribution in [0.15, 0.2) is 48.5 Å². The van der Waals surface area contributed by atoms with Gasteiger partial charge in [-0.05, 0) is 36.6 Å². The summed E-state index contributed by atoms with van der Waals surface area (Å²) in [6.07, 6.45) is 3.24. The van der Waals surface area contributed by atoms with E-state index < -0.39 is 0 Å². The number of carbonyl (C=O) groups is 1. The summed E-state index contributed by atoms with van der Waals surface area (Å²) in [4.78, 5) is 12.9. The van der Waals surface area contributed by atoms with E-state index in [2.05, 4.69) is 5.32 Å². The summed E-state index contributed by atoms with van der Waals surface area (Å²) >= 11 is 5.94. The average molecular weight is 397 g/mol. The van der Waals surface area contributed by atoms with E-state index in [9.17, 15) is 4.79 Å². The molecular formula is C23H27ClN3O+. The van der Waals surface area contributed by atoms with Crippen molar-refractivity contribution in [2.45, 2.75) is 31.7 Å². The van der Waals surface area contributed by atoms with E-state index in [0.717, 1.165) is 37.9 Å². The van der Waals surface area contributed by atoms with Gasteiger partial charge in [-0.25, -0.2) is 0 Å². The van der Waals surface area contributed by atoms with Crippen molar-refractivity contribution in [3.63, 3.8) is 0 Å². The van der Waals surface area contributed by atoms with Gasteiger partial charge in [0.25, 0.3) is 5.91 Å². The van der Waals surface area contributed by atoms with E-state index >= 15 is 0 Å². The van der Waals surface area contributed by atoms with Gasteiger partial charge >= 0.3 is 0 Å².